The zero-order valence-corrected chi connectivity index (χ0v) is 13.2. The first-order chi connectivity index (χ1) is 10.2. The third-order valence-corrected chi connectivity index (χ3v) is 3.76. The van der Waals surface area contributed by atoms with Crippen LogP contribution in [-0.4, -0.2) is 32.8 Å². The lowest BCUT2D eigenvalue weighted by Crippen LogP contribution is -2.37. The van der Waals surface area contributed by atoms with Crippen LogP contribution in [0.1, 0.15) is 44.0 Å². The summed E-state index contributed by atoms with van der Waals surface area (Å²) in [6.45, 7) is 5.44. The fraction of sp³-hybridized carbons (Fsp3) is 0.562. The van der Waals surface area contributed by atoms with E-state index in [-0.39, 0.29) is 0 Å². The molecule has 0 spiro atoms. The summed E-state index contributed by atoms with van der Waals surface area (Å²) < 4.78 is 0. The molecule has 0 amide bonds. The Hall–Kier alpha value is -1.75. The quantitative estimate of drug-likeness (QED) is 0.809. The first-order valence-electron chi connectivity index (χ1n) is 7.75. The van der Waals surface area contributed by atoms with Crippen molar-refractivity contribution in [2.24, 2.45) is 7.05 Å². The van der Waals surface area contributed by atoms with E-state index in [9.17, 15) is 0 Å². The van der Waals surface area contributed by atoms with Gasteiger partial charge in [0, 0.05) is 12.5 Å². The van der Waals surface area contributed by atoms with E-state index in [0.717, 1.165) is 31.6 Å². The van der Waals surface area contributed by atoms with Crippen molar-refractivity contribution in [1.29, 1.82) is 0 Å². The molecule has 5 nitrogen and oxygen atoms in total. The molecular weight excluding hydrogens is 262 g/mol. The number of rotatable bonds is 8. The Morgan fingerprint density at radius 1 is 1.19 bits per heavy atom. The fourth-order valence-electron chi connectivity index (χ4n) is 2.74. The third-order valence-electron chi connectivity index (χ3n) is 3.76. The summed E-state index contributed by atoms with van der Waals surface area (Å²) >= 11 is 0. The maximum Gasteiger partial charge on any atom is 0.176 e. The van der Waals surface area contributed by atoms with Crippen LogP contribution in [0.25, 0.3) is 0 Å². The first-order valence-corrected chi connectivity index (χ1v) is 7.75. The van der Waals surface area contributed by atoms with Crippen LogP contribution in [-0.2, 0) is 13.5 Å². The van der Waals surface area contributed by atoms with Crippen LogP contribution in [0.2, 0.25) is 0 Å². The third kappa shape index (κ3) is 4.36. The minimum atomic E-state index is 0.335. The average molecular weight is 287 g/mol. The van der Waals surface area contributed by atoms with Crippen molar-refractivity contribution in [2.75, 3.05) is 6.54 Å². The smallest absolute Gasteiger partial charge is 0.176 e. The average Bonchev–Trinajstić information content (AvgIpc) is 2.91. The molecule has 2 atom stereocenters. The SMILES string of the molecule is CCCNC(Cc1nnn(C)n1)C(CC)c1ccccc1. The summed E-state index contributed by atoms with van der Waals surface area (Å²) in [5.41, 5.74) is 1.37. The van der Waals surface area contributed by atoms with Crippen LogP contribution in [0.5, 0.6) is 0 Å². The standard InChI is InChI=1S/C16H25N5/c1-4-11-17-15(12-16-18-20-21(3)19-16)14(5-2)13-9-7-6-8-10-13/h6-10,14-15,17H,4-5,11-12H2,1-3H3. The maximum atomic E-state index is 4.32. The van der Waals surface area contributed by atoms with E-state index in [1.807, 2.05) is 0 Å². The Morgan fingerprint density at radius 2 is 1.95 bits per heavy atom. The van der Waals surface area contributed by atoms with Gasteiger partial charge in [-0.15, -0.1) is 10.2 Å². The molecule has 0 fully saturated rings. The van der Waals surface area contributed by atoms with E-state index >= 15 is 0 Å². The molecule has 114 valence electrons. The van der Waals surface area contributed by atoms with Gasteiger partial charge in [0.05, 0.1) is 7.05 Å². The van der Waals surface area contributed by atoms with Crippen LogP contribution in [0.4, 0.5) is 0 Å². The number of nitrogens with one attached hydrogen (secondary N) is 1. The van der Waals surface area contributed by atoms with Gasteiger partial charge in [0.1, 0.15) is 0 Å². The molecule has 0 radical (unpaired) electrons. The minimum absolute atomic E-state index is 0.335. The number of hydrogen-bond donors (Lipinski definition) is 1. The van der Waals surface area contributed by atoms with Gasteiger partial charge in [-0.2, -0.15) is 4.80 Å². The van der Waals surface area contributed by atoms with Crippen LogP contribution >= 0.6 is 0 Å². The molecule has 2 unspecified atom stereocenters. The van der Waals surface area contributed by atoms with Crippen molar-refractivity contribution in [3.63, 3.8) is 0 Å². The normalized spacial score (nSPS) is 14.0. The van der Waals surface area contributed by atoms with Crippen LogP contribution in [0.15, 0.2) is 30.3 Å². The van der Waals surface area contributed by atoms with Gasteiger partial charge in [-0.1, -0.05) is 44.2 Å². The Kier molecular flexibility index (Phi) is 5.87. The van der Waals surface area contributed by atoms with Gasteiger partial charge in [0.2, 0.25) is 0 Å². The Bertz CT molecular complexity index is 522. The largest absolute Gasteiger partial charge is 0.313 e. The molecule has 1 aromatic carbocycles. The van der Waals surface area contributed by atoms with E-state index in [4.69, 9.17) is 0 Å². The molecule has 21 heavy (non-hydrogen) atoms. The van der Waals surface area contributed by atoms with Crippen molar-refractivity contribution in [1.82, 2.24) is 25.5 Å². The van der Waals surface area contributed by atoms with Gasteiger partial charge < -0.3 is 5.32 Å². The van der Waals surface area contributed by atoms with E-state index in [2.05, 4.69) is 64.9 Å². The molecule has 1 heterocycles. The number of nitrogens with zero attached hydrogens (tertiary/aromatic N) is 4. The molecule has 0 aliphatic heterocycles. The molecular formula is C16H25N5. The lowest BCUT2D eigenvalue weighted by atomic mass is 9.87. The number of benzene rings is 1. The van der Waals surface area contributed by atoms with E-state index < -0.39 is 0 Å². The summed E-state index contributed by atoms with van der Waals surface area (Å²) in [7, 11) is 1.81. The zero-order chi connectivity index (χ0) is 15.1. The van der Waals surface area contributed by atoms with Gasteiger partial charge in [-0.05, 0) is 36.1 Å². The van der Waals surface area contributed by atoms with Crippen molar-refractivity contribution in [2.45, 2.75) is 45.1 Å². The van der Waals surface area contributed by atoms with Crippen LogP contribution in [0.3, 0.4) is 0 Å². The van der Waals surface area contributed by atoms with Crippen molar-refractivity contribution in [3.05, 3.63) is 41.7 Å². The molecule has 1 aromatic heterocycles. The second-order valence-corrected chi connectivity index (χ2v) is 5.39. The Morgan fingerprint density at radius 3 is 2.52 bits per heavy atom. The zero-order valence-electron chi connectivity index (χ0n) is 13.2. The van der Waals surface area contributed by atoms with Gasteiger partial charge >= 0.3 is 0 Å². The molecule has 5 heteroatoms. The molecule has 0 saturated heterocycles. The maximum absolute atomic E-state index is 4.32. The molecule has 2 rings (SSSR count). The molecule has 0 aliphatic carbocycles. The second-order valence-electron chi connectivity index (χ2n) is 5.39. The molecule has 0 bridgehead atoms. The highest BCUT2D eigenvalue weighted by Gasteiger charge is 2.23. The van der Waals surface area contributed by atoms with Gasteiger partial charge in [-0.25, -0.2) is 0 Å². The summed E-state index contributed by atoms with van der Waals surface area (Å²) in [5, 5.41) is 16.1. The monoisotopic (exact) mass is 287 g/mol. The van der Waals surface area contributed by atoms with Crippen LogP contribution < -0.4 is 5.32 Å². The van der Waals surface area contributed by atoms with Gasteiger partial charge in [0.15, 0.2) is 5.82 Å². The minimum Gasteiger partial charge on any atom is -0.313 e. The fourth-order valence-corrected chi connectivity index (χ4v) is 2.74. The predicted octanol–water partition coefficient (Wildman–Crippen LogP) is 2.31. The molecule has 0 aliphatic rings. The summed E-state index contributed by atoms with van der Waals surface area (Å²) in [6, 6.07) is 11.0. The lowest BCUT2D eigenvalue weighted by molar-refractivity contribution is 0.412. The van der Waals surface area contributed by atoms with Crippen molar-refractivity contribution < 1.29 is 0 Å². The number of tetrazole rings is 1. The number of hydrogen-bond acceptors (Lipinski definition) is 4. The lowest BCUT2D eigenvalue weighted by Gasteiger charge is -2.27. The highest BCUT2D eigenvalue weighted by atomic mass is 15.6. The van der Waals surface area contributed by atoms with Crippen LogP contribution in [0, 0.1) is 0 Å². The van der Waals surface area contributed by atoms with Gasteiger partial charge in [0.25, 0.3) is 0 Å². The highest BCUT2D eigenvalue weighted by molar-refractivity contribution is 5.21. The highest BCUT2D eigenvalue weighted by Crippen LogP contribution is 2.25. The Balaban J connectivity index is 2.16. The summed E-state index contributed by atoms with van der Waals surface area (Å²) in [6.07, 6.45) is 3.02. The van der Waals surface area contributed by atoms with Crippen molar-refractivity contribution in [3.8, 4) is 0 Å². The summed E-state index contributed by atoms with van der Waals surface area (Å²) in [5.74, 6) is 1.27. The summed E-state index contributed by atoms with van der Waals surface area (Å²) in [4.78, 5) is 1.52. The van der Waals surface area contributed by atoms with Crippen molar-refractivity contribution >= 4 is 0 Å². The molecule has 2 aromatic rings. The van der Waals surface area contributed by atoms with Gasteiger partial charge in [-0.3, -0.25) is 0 Å². The van der Waals surface area contributed by atoms with E-state index in [1.165, 1.54) is 10.4 Å². The topological polar surface area (TPSA) is 55.6 Å². The predicted molar refractivity (Wildman–Crippen MR) is 84.1 cm³/mol. The number of aromatic nitrogens is 4. The Labute approximate surface area is 126 Å². The number of aryl methyl sites for hydroxylation is 1. The van der Waals surface area contributed by atoms with E-state index in [0.29, 0.717) is 12.0 Å². The molecule has 0 saturated carbocycles. The second kappa shape index (κ2) is 7.88. The first kappa shape index (κ1) is 15.6. The molecule has 1 N–H and O–H groups in total. The van der Waals surface area contributed by atoms with E-state index in [1.54, 1.807) is 7.05 Å².